The maximum atomic E-state index is 12.8. The van der Waals surface area contributed by atoms with Crippen LogP contribution in [0.25, 0.3) is 0 Å². The lowest BCUT2D eigenvalue weighted by atomic mass is 10.1. The van der Waals surface area contributed by atoms with E-state index in [9.17, 15) is 9.59 Å². The molecule has 0 saturated carbocycles. The SMILES string of the molecule is CCCNC(=O)[C@@H]1CN([C@@H](C)C(=O)Nc2ccccc2)c2ccccc2O1. The van der Waals surface area contributed by atoms with Crippen LogP contribution in [-0.4, -0.2) is 37.0 Å². The van der Waals surface area contributed by atoms with Crippen molar-refractivity contribution < 1.29 is 14.3 Å². The fourth-order valence-corrected chi connectivity index (χ4v) is 3.04. The molecule has 142 valence electrons. The summed E-state index contributed by atoms with van der Waals surface area (Å²) in [7, 11) is 0. The van der Waals surface area contributed by atoms with Crippen molar-refractivity contribution in [3.05, 3.63) is 54.6 Å². The monoisotopic (exact) mass is 367 g/mol. The second-order valence-electron chi connectivity index (χ2n) is 6.55. The summed E-state index contributed by atoms with van der Waals surface area (Å²) in [5.74, 6) is 0.317. The molecule has 0 saturated heterocycles. The van der Waals surface area contributed by atoms with Gasteiger partial charge in [-0.25, -0.2) is 0 Å². The Labute approximate surface area is 159 Å². The molecule has 2 amide bonds. The van der Waals surface area contributed by atoms with Gasteiger partial charge in [0, 0.05) is 12.2 Å². The number of carbonyl (C=O) groups is 2. The summed E-state index contributed by atoms with van der Waals surface area (Å²) in [6.45, 7) is 4.75. The van der Waals surface area contributed by atoms with Crippen molar-refractivity contribution in [2.75, 3.05) is 23.3 Å². The van der Waals surface area contributed by atoms with E-state index in [-0.39, 0.29) is 11.8 Å². The number of hydrogen-bond donors (Lipinski definition) is 2. The molecule has 6 heteroatoms. The number of hydrogen-bond acceptors (Lipinski definition) is 4. The Morgan fingerprint density at radius 3 is 2.59 bits per heavy atom. The molecule has 2 atom stereocenters. The molecule has 0 aromatic heterocycles. The Morgan fingerprint density at radius 1 is 1.15 bits per heavy atom. The summed E-state index contributed by atoms with van der Waals surface area (Å²) in [6.07, 6.45) is 0.202. The van der Waals surface area contributed by atoms with Crippen molar-refractivity contribution in [3.8, 4) is 5.75 Å². The molecule has 2 aromatic rings. The van der Waals surface area contributed by atoms with Crippen LogP contribution in [0.5, 0.6) is 5.75 Å². The standard InChI is InChI=1S/C21H25N3O3/c1-3-13-22-21(26)19-14-24(17-11-7-8-12-18(17)27-19)15(2)20(25)23-16-9-5-4-6-10-16/h4-12,15,19H,3,13-14H2,1-2H3,(H,22,26)(H,23,25)/t15-,19-/m0/s1. The van der Waals surface area contributed by atoms with E-state index in [4.69, 9.17) is 4.74 Å². The number of rotatable bonds is 6. The van der Waals surface area contributed by atoms with Crippen molar-refractivity contribution in [2.24, 2.45) is 0 Å². The summed E-state index contributed by atoms with van der Waals surface area (Å²) >= 11 is 0. The van der Waals surface area contributed by atoms with Gasteiger partial charge in [0.1, 0.15) is 11.8 Å². The van der Waals surface area contributed by atoms with Crippen LogP contribution in [-0.2, 0) is 9.59 Å². The zero-order valence-corrected chi connectivity index (χ0v) is 15.6. The lowest BCUT2D eigenvalue weighted by Gasteiger charge is -2.38. The molecular formula is C21H25N3O3. The minimum Gasteiger partial charge on any atom is -0.477 e. The van der Waals surface area contributed by atoms with Crippen LogP contribution < -0.4 is 20.3 Å². The molecule has 2 aromatic carbocycles. The molecule has 0 radical (unpaired) electrons. The van der Waals surface area contributed by atoms with Gasteiger partial charge in [0.15, 0.2) is 6.10 Å². The van der Waals surface area contributed by atoms with Gasteiger partial charge in [-0.2, -0.15) is 0 Å². The van der Waals surface area contributed by atoms with Crippen LogP contribution >= 0.6 is 0 Å². The van der Waals surface area contributed by atoms with Crippen LogP contribution in [0.4, 0.5) is 11.4 Å². The third-order valence-corrected chi connectivity index (χ3v) is 4.54. The predicted octanol–water partition coefficient (Wildman–Crippen LogP) is 2.81. The highest BCUT2D eigenvalue weighted by Crippen LogP contribution is 2.34. The van der Waals surface area contributed by atoms with E-state index >= 15 is 0 Å². The summed E-state index contributed by atoms with van der Waals surface area (Å²) in [5, 5.41) is 5.80. The number of para-hydroxylation sites is 3. The fourth-order valence-electron chi connectivity index (χ4n) is 3.04. The van der Waals surface area contributed by atoms with E-state index in [1.807, 2.05) is 73.3 Å². The molecule has 2 N–H and O–H groups in total. The number of nitrogens with one attached hydrogen (secondary N) is 2. The lowest BCUT2D eigenvalue weighted by Crippen LogP contribution is -2.54. The van der Waals surface area contributed by atoms with E-state index in [2.05, 4.69) is 10.6 Å². The zero-order valence-electron chi connectivity index (χ0n) is 15.6. The maximum absolute atomic E-state index is 12.8. The minimum atomic E-state index is -0.654. The Morgan fingerprint density at radius 2 is 1.85 bits per heavy atom. The third-order valence-electron chi connectivity index (χ3n) is 4.54. The first kappa shape index (κ1) is 18.8. The quantitative estimate of drug-likeness (QED) is 0.824. The third kappa shape index (κ3) is 4.39. The smallest absolute Gasteiger partial charge is 0.262 e. The van der Waals surface area contributed by atoms with Crippen molar-refractivity contribution in [3.63, 3.8) is 0 Å². The van der Waals surface area contributed by atoms with E-state index < -0.39 is 12.1 Å². The van der Waals surface area contributed by atoms with Crippen LogP contribution in [0.2, 0.25) is 0 Å². The first-order chi connectivity index (χ1) is 13.1. The second kappa shape index (κ2) is 8.58. The highest BCUT2D eigenvalue weighted by atomic mass is 16.5. The summed E-state index contributed by atoms with van der Waals surface area (Å²) < 4.78 is 5.88. The summed E-state index contributed by atoms with van der Waals surface area (Å²) in [6, 6.07) is 16.4. The van der Waals surface area contributed by atoms with E-state index in [1.54, 1.807) is 0 Å². The van der Waals surface area contributed by atoms with Crippen LogP contribution in [0.15, 0.2) is 54.6 Å². The first-order valence-corrected chi connectivity index (χ1v) is 9.26. The van der Waals surface area contributed by atoms with Gasteiger partial charge in [-0.1, -0.05) is 37.3 Å². The Kier molecular flexibility index (Phi) is 5.96. The van der Waals surface area contributed by atoms with Crippen LogP contribution in [0.3, 0.4) is 0 Å². The highest BCUT2D eigenvalue weighted by molar-refractivity contribution is 5.97. The predicted molar refractivity (Wildman–Crippen MR) is 106 cm³/mol. The second-order valence-corrected chi connectivity index (χ2v) is 6.55. The number of fused-ring (bicyclic) bond motifs is 1. The van der Waals surface area contributed by atoms with Gasteiger partial charge in [-0.15, -0.1) is 0 Å². The average molecular weight is 367 g/mol. The molecule has 3 rings (SSSR count). The van der Waals surface area contributed by atoms with Gasteiger partial charge in [-0.05, 0) is 37.6 Å². The number of carbonyl (C=O) groups excluding carboxylic acids is 2. The topological polar surface area (TPSA) is 70.7 Å². The molecule has 0 unspecified atom stereocenters. The van der Waals surface area contributed by atoms with E-state index in [1.165, 1.54) is 0 Å². The molecule has 1 heterocycles. The van der Waals surface area contributed by atoms with Crippen molar-refractivity contribution in [2.45, 2.75) is 32.4 Å². The highest BCUT2D eigenvalue weighted by Gasteiger charge is 2.34. The normalized spacial score (nSPS) is 16.7. The Balaban J connectivity index is 1.79. The average Bonchev–Trinajstić information content (AvgIpc) is 2.71. The number of ether oxygens (including phenoxy) is 1. The molecule has 0 fully saturated rings. The Hall–Kier alpha value is -3.02. The van der Waals surface area contributed by atoms with E-state index in [0.29, 0.717) is 18.8 Å². The van der Waals surface area contributed by atoms with Gasteiger partial charge in [0.25, 0.3) is 5.91 Å². The molecule has 1 aliphatic heterocycles. The molecule has 0 bridgehead atoms. The number of benzene rings is 2. The van der Waals surface area contributed by atoms with Crippen molar-refractivity contribution in [1.29, 1.82) is 0 Å². The van der Waals surface area contributed by atoms with E-state index in [0.717, 1.165) is 17.8 Å². The lowest BCUT2D eigenvalue weighted by molar-refractivity contribution is -0.128. The van der Waals surface area contributed by atoms with Gasteiger partial charge in [0.05, 0.1) is 12.2 Å². The molecule has 0 spiro atoms. The maximum Gasteiger partial charge on any atom is 0.262 e. The Bertz CT molecular complexity index is 794. The number of anilines is 2. The minimum absolute atomic E-state index is 0.134. The zero-order chi connectivity index (χ0) is 19.2. The molecule has 6 nitrogen and oxygen atoms in total. The van der Waals surface area contributed by atoms with Gasteiger partial charge in [0.2, 0.25) is 5.91 Å². The van der Waals surface area contributed by atoms with Crippen LogP contribution in [0.1, 0.15) is 20.3 Å². The van der Waals surface area contributed by atoms with Gasteiger partial charge >= 0.3 is 0 Å². The number of nitrogens with zero attached hydrogens (tertiary/aromatic N) is 1. The summed E-state index contributed by atoms with van der Waals surface area (Å²) in [5.41, 5.74) is 1.56. The fraction of sp³-hybridized carbons (Fsp3) is 0.333. The molecule has 27 heavy (non-hydrogen) atoms. The summed E-state index contributed by atoms with van der Waals surface area (Å²) in [4.78, 5) is 27.1. The van der Waals surface area contributed by atoms with Crippen molar-refractivity contribution >= 4 is 23.2 Å². The van der Waals surface area contributed by atoms with Crippen LogP contribution in [0, 0.1) is 0 Å². The van der Waals surface area contributed by atoms with Gasteiger partial charge < -0.3 is 20.3 Å². The van der Waals surface area contributed by atoms with Crippen molar-refractivity contribution in [1.82, 2.24) is 5.32 Å². The molecule has 1 aliphatic rings. The molecule has 0 aliphatic carbocycles. The van der Waals surface area contributed by atoms with Gasteiger partial charge in [-0.3, -0.25) is 9.59 Å². The molecular weight excluding hydrogens is 342 g/mol. The first-order valence-electron chi connectivity index (χ1n) is 9.26. The largest absolute Gasteiger partial charge is 0.477 e. The number of amides is 2.